The Hall–Kier alpha value is -1.68. The molecule has 38 heavy (non-hydrogen) atoms. The first-order chi connectivity index (χ1) is 18.0. The summed E-state index contributed by atoms with van der Waals surface area (Å²) < 4.78 is 18.9. The number of carbonyl (C=O) groups excluding carboxylic acids is 2. The number of hydrogen-bond donors (Lipinski definition) is 1. The van der Waals surface area contributed by atoms with Gasteiger partial charge < -0.3 is 0 Å². The highest BCUT2D eigenvalue weighted by Gasteiger charge is 2.45. The van der Waals surface area contributed by atoms with Gasteiger partial charge in [-0.3, -0.25) is 14.2 Å². The fourth-order valence-electron chi connectivity index (χ4n) is 5.71. The number of thiol groups is 1. The highest BCUT2D eigenvalue weighted by Crippen LogP contribution is 2.55. The molecule has 1 atom stereocenters. The number of carbonyl (C=O) groups is 2. The van der Waals surface area contributed by atoms with Crippen LogP contribution in [0.3, 0.4) is 0 Å². The minimum atomic E-state index is -4.45. The van der Waals surface area contributed by atoms with Crippen LogP contribution in [0.2, 0.25) is 0 Å². The molecule has 0 saturated carbocycles. The van der Waals surface area contributed by atoms with Gasteiger partial charge in [-0.2, -0.15) is 0 Å². The van der Waals surface area contributed by atoms with Crippen LogP contribution < -0.4 is 0 Å². The van der Waals surface area contributed by atoms with Gasteiger partial charge in [0.25, 0.3) is 11.0 Å². The van der Waals surface area contributed by atoms with E-state index in [0.717, 1.165) is 41.5 Å². The van der Waals surface area contributed by atoms with Crippen LogP contribution >= 0.6 is 20.3 Å². The molecular weight excluding hydrogens is 511 g/mol. The highest BCUT2D eigenvalue weighted by molar-refractivity contribution is 7.98. The number of aryl methyl sites for hydroxylation is 5. The minimum Gasteiger partial charge on any atom is -0.282 e. The van der Waals surface area contributed by atoms with E-state index in [2.05, 4.69) is 26.8 Å². The SMILES string of the molecule is CCCCCCCCCCCCc1c(C)cc(C)c(C(=O)P(=O)(OS)C(=O)c2c(C)cc(C)cc2C)c1C. The Kier molecular flexibility index (Phi) is 13.0. The van der Waals surface area contributed by atoms with E-state index in [9.17, 15) is 14.2 Å². The van der Waals surface area contributed by atoms with Crippen molar-refractivity contribution in [2.45, 2.75) is 119 Å². The predicted molar refractivity (Wildman–Crippen MR) is 163 cm³/mol. The Labute approximate surface area is 236 Å². The van der Waals surface area contributed by atoms with Gasteiger partial charge >= 0.3 is 7.37 Å². The Balaban J connectivity index is 2.20. The van der Waals surface area contributed by atoms with Gasteiger partial charge in [0.1, 0.15) is 0 Å². The standard InChI is InChI=1S/C32H47O4PS/c1-8-9-10-11-12-13-14-15-16-17-18-28-23(3)21-26(6)30(27(28)7)32(34)37(35,36-38)31(33)29-24(4)19-22(2)20-25(29)5/h19-21,38H,8-18H2,1-7H3. The quantitative estimate of drug-likeness (QED) is 0.0963. The van der Waals surface area contributed by atoms with E-state index in [4.69, 9.17) is 3.97 Å². The maximum atomic E-state index is 13.9. The zero-order valence-corrected chi connectivity index (χ0v) is 26.3. The molecular formula is C32H47O4PS. The topological polar surface area (TPSA) is 60.4 Å². The van der Waals surface area contributed by atoms with Gasteiger partial charge in [-0.15, -0.1) is 0 Å². The predicted octanol–water partition coefficient (Wildman–Crippen LogP) is 10.1. The molecule has 2 rings (SSSR count). The summed E-state index contributed by atoms with van der Waals surface area (Å²) in [6.45, 7) is 13.5. The number of unbranched alkanes of at least 4 members (excludes halogenated alkanes) is 9. The number of rotatable bonds is 16. The van der Waals surface area contributed by atoms with Crippen LogP contribution in [0.4, 0.5) is 0 Å². The second kappa shape index (κ2) is 15.2. The molecule has 0 aromatic heterocycles. The normalized spacial score (nSPS) is 12.9. The molecule has 1 unspecified atom stereocenters. The molecule has 0 amide bonds. The van der Waals surface area contributed by atoms with E-state index in [1.54, 1.807) is 13.8 Å². The van der Waals surface area contributed by atoms with Gasteiger partial charge in [-0.05, 0) is 101 Å². The average Bonchev–Trinajstić information content (AvgIpc) is 2.85. The smallest absolute Gasteiger partial charge is 0.282 e. The van der Waals surface area contributed by atoms with Gasteiger partial charge in [-0.1, -0.05) is 88.5 Å². The van der Waals surface area contributed by atoms with Crippen molar-refractivity contribution in [1.82, 2.24) is 0 Å². The highest BCUT2D eigenvalue weighted by atomic mass is 32.1. The molecule has 0 spiro atoms. The summed E-state index contributed by atoms with van der Waals surface area (Å²) in [5.74, 6) is 0. The Morgan fingerprint density at radius 1 is 0.684 bits per heavy atom. The second-order valence-corrected chi connectivity index (χ2v) is 13.5. The van der Waals surface area contributed by atoms with Gasteiger partial charge in [-0.25, -0.2) is 3.97 Å². The third kappa shape index (κ3) is 7.93. The maximum absolute atomic E-state index is 13.9. The van der Waals surface area contributed by atoms with Crippen LogP contribution in [0.5, 0.6) is 0 Å². The van der Waals surface area contributed by atoms with Crippen LogP contribution in [-0.2, 0) is 15.0 Å². The van der Waals surface area contributed by atoms with Crippen LogP contribution in [0.15, 0.2) is 18.2 Å². The van der Waals surface area contributed by atoms with Crippen molar-refractivity contribution in [1.29, 1.82) is 0 Å². The lowest BCUT2D eigenvalue weighted by Crippen LogP contribution is -2.16. The summed E-state index contributed by atoms with van der Waals surface area (Å²) in [6, 6.07) is 5.66. The van der Waals surface area contributed by atoms with Crippen molar-refractivity contribution >= 4 is 31.3 Å². The fourth-order valence-corrected chi connectivity index (χ4v) is 7.77. The van der Waals surface area contributed by atoms with Crippen LogP contribution in [0.1, 0.15) is 131 Å². The summed E-state index contributed by atoms with van der Waals surface area (Å²) in [5, 5.41) is 0. The third-order valence-electron chi connectivity index (χ3n) is 7.67. The molecule has 0 N–H and O–H groups in total. The zero-order chi connectivity index (χ0) is 28.5. The first-order valence-electron chi connectivity index (χ1n) is 14.2. The van der Waals surface area contributed by atoms with E-state index in [1.165, 1.54) is 51.4 Å². The Bertz CT molecular complexity index is 1160. The van der Waals surface area contributed by atoms with Gasteiger partial charge in [0, 0.05) is 11.1 Å². The molecule has 2 aromatic carbocycles. The summed E-state index contributed by atoms with van der Waals surface area (Å²) in [6.07, 6.45) is 13.5. The van der Waals surface area contributed by atoms with E-state index < -0.39 is 18.4 Å². The largest absolute Gasteiger partial charge is 0.350 e. The van der Waals surface area contributed by atoms with Gasteiger partial charge in [0.15, 0.2) is 0 Å². The van der Waals surface area contributed by atoms with E-state index in [-0.39, 0.29) is 5.56 Å². The van der Waals surface area contributed by atoms with Crippen molar-refractivity contribution in [3.05, 3.63) is 68.3 Å². The van der Waals surface area contributed by atoms with Crippen molar-refractivity contribution < 1.29 is 18.1 Å². The van der Waals surface area contributed by atoms with Crippen molar-refractivity contribution in [2.75, 3.05) is 0 Å². The van der Waals surface area contributed by atoms with Crippen LogP contribution in [0, 0.1) is 41.5 Å². The Morgan fingerprint density at radius 3 is 1.63 bits per heavy atom. The molecule has 4 nitrogen and oxygen atoms in total. The van der Waals surface area contributed by atoms with E-state index in [1.807, 2.05) is 39.0 Å². The van der Waals surface area contributed by atoms with Crippen molar-refractivity contribution in [3.63, 3.8) is 0 Å². The molecule has 0 aliphatic carbocycles. The Morgan fingerprint density at radius 2 is 1.13 bits per heavy atom. The molecule has 210 valence electrons. The molecule has 0 bridgehead atoms. The summed E-state index contributed by atoms with van der Waals surface area (Å²) >= 11 is 3.80. The number of hydrogen-bond acceptors (Lipinski definition) is 5. The summed E-state index contributed by atoms with van der Waals surface area (Å²) in [4.78, 5) is 27.3. The lowest BCUT2D eigenvalue weighted by atomic mass is 9.90. The molecule has 0 aliphatic heterocycles. The number of benzene rings is 2. The average molecular weight is 559 g/mol. The van der Waals surface area contributed by atoms with Gasteiger partial charge in [0.2, 0.25) is 0 Å². The van der Waals surface area contributed by atoms with Crippen LogP contribution in [-0.4, -0.2) is 11.0 Å². The summed E-state index contributed by atoms with van der Waals surface area (Å²) in [5.41, 5.74) is 5.08. The molecule has 0 radical (unpaired) electrons. The first-order valence-corrected chi connectivity index (χ1v) is 16.2. The van der Waals surface area contributed by atoms with Crippen molar-refractivity contribution in [2.24, 2.45) is 0 Å². The molecule has 0 heterocycles. The first kappa shape index (κ1) is 32.5. The lowest BCUT2D eigenvalue weighted by Gasteiger charge is -2.21. The van der Waals surface area contributed by atoms with Gasteiger partial charge in [0.05, 0.1) is 0 Å². The van der Waals surface area contributed by atoms with E-state index >= 15 is 0 Å². The fraction of sp³-hybridized carbons (Fsp3) is 0.562. The monoisotopic (exact) mass is 558 g/mol. The maximum Gasteiger partial charge on any atom is 0.350 e. The second-order valence-electron chi connectivity index (χ2n) is 10.9. The zero-order valence-electron chi connectivity index (χ0n) is 24.5. The molecule has 0 aliphatic rings. The van der Waals surface area contributed by atoms with Crippen molar-refractivity contribution in [3.8, 4) is 0 Å². The molecule has 2 aromatic rings. The molecule has 0 fully saturated rings. The van der Waals surface area contributed by atoms with Crippen LogP contribution in [0.25, 0.3) is 0 Å². The third-order valence-corrected chi connectivity index (χ3v) is 10.1. The van der Waals surface area contributed by atoms with E-state index in [0.29, 0.717) is 22.3 Å². The lowest BCUT2D eigenvalue weighted by molar-refractivity contribution is 0.102. The summed E-state index contributed by atoms with van der Waals surface area (Å²) in [7, 11) is -4.45. The molecule has 6 heteroatoms. The molecule has 0 saturated heterocycles. The minimum absolute atomic E-state index is 0.273.